The molecule has 138 valence electrons. The SMILES string of the molecule is COc1c(C(=O)[O-])nc(CC(c2ccccc2)c2ccccc2)n(C)c1=O.[Na+]. The van der Waals surface area contributed by atoms with Crippen LogP contribution in [0.15, 0.2) is 65.5 Å². The number of carbonyl (C=O) groups excluding carboxylic acids is 1. The second kappa shape index (κ2) is 9.68. The van der Waals surface area contributed by atoms with Crippen LogP contribution in [0.3, 0.4) is 0 Å². The maximum absolute atomic E-state index is 12.5. The van der Waals surface area contributed by atoms with Crippen LogP contribution in [0.5, 0.6) is 5.75 Å². The van der Waals surface area contributed by atoms with E-state index in [1.807, 2.05) is 60.7 Å². The molecular formula is C21H19N2NaO4. The van der Waals surface area contributed by atoms with Crippen LogP contribution < -0.4 is 45.0 Å². The fraction of sp³-hybridized carbons (Fsp3) is 0.190. The molecule has 0 atom stereocenters. The predicted octanol–water partition coefficient (Wildman–Crippen LogP) is -1.47. The number of carbonyl (C=O) groups is 1. The Kier molecular flexibility index (Phi) is 7.57. The molecule has 0 bridgehead atoms. The van der Waals surface area contributed by atoms with Gasteiger partial charge in [0.1, 0.15) is 11.5 Å². The summed E-state index contributed by atoms with van der Waals surface area (Å²) in [4.78, 5) is 28.1. The summed E-state index contributed by atoms with van der Waals surface area (Å²) in [5, 5.41) is 11.4. The van der Waals surface area contributed by atoms with Crippen LogP contribution in [0.25, 0.3) is 0 Å². The van der Waals surface area contributed by atoms with E-state index in [0.717, 1.165) is 11.1 Å². The molecule has 0 N–H and O–H groups in total. The minimum atomic E-state index is -1.54. The number of aromatic nitrogens is 2. The van der Waals surface area contributed by atoms with Crippen molar-refractivity contribution >= 4 is 5.97 Å². The molecule has 7 heteroatoms. The van der Waals surface area contributed by atoms with E-state index in [4.69, 9.17) is 4.74 Å². The van der Waals surface area contributed by atoms with Crippen molar-refractivity contribution in [2.45, 2.75) is 12.3 Å². The molecule has 3 aromatic rings. The first-order valence-electron chi connectivity index (χ1n) is 8.48. The number of ether oxygens (including phenoxy) is 1. The van der Waals surface area contributed by atoms with Crippen molar-refractivity contribution in [3.8, 4) is 5.75 Å². The Balaban J connectivity index is 0.00000280. The van der Waals surface area contributed by atoms with Crippen LogP contribution in [0.1, 0.15) is 33.4 Å². The Morgan fingerprint density at radius 1 is 1.07 bits per heavy atom. The zero-order valence-corrected chi connectivity index (χ0v) is 18.1. The minimum absolute atomic E-state index is 0. The average molecular weight is 386 g/mol. The normalized spacial score (nSPS) is 10.4. The van der Waals surface area contributed by atoms with Gasteiger partial charge in [0.25, 0.3) is 5.56 Å². The summed E-state index contributed by atoms with van der Waals surface area (Å²) in [5.74, 6) is -1.61. The molecule has 28 heavy (non-hydrogen) atoms. The number of carboxylic acid groups (broad SMARTS) is 1. The van der Waals surface area contributed by atoms with Gasteiger partial charge in [0.2, 0.25) is 5.75 Å². The molecule has 1 heterocycles. The zero-order valence-electron chi connectivity index (χ0n) is 16.1. The van der Waals surface area contributed by atoms with Crippen molar-refractivity contribution < 1.29 is 44.2 Å². The number of methoxy groups -OCH3 is 1. The number of hydrogen-bond donors (Lipinski definition) is 0. The van der Waals surface area contributed by atoms with E-state index < -0.39 is 17.2 Å². The van der Waals surface area contributed by atoms with E-state index in [0.29, 0.717) is 12.2 Å². The van der Waals surface area contributed by atoms with Crippen molar-refractivity contribution in [2.24, 2.45) is 7.05 Å². The van der Waals surface area contributed by atoms with E-state index in [1.54, 1.807) is 7.05 Å². The van der Waals surface area contributed by atoms with Gasteiger partial charge in [-0.15, -0.1) is 0 Å². The number of aromatic carboxylic acids is 1. The topological polar surface area (TPSA) is 84.2 Å². The molecule has 0 aliphatic heterocycles. The summed E-state index contributed by atoms with van der Waals surface area (Å²) in [5.41, 5.74) is 1.06. The fourth-order valence-corrected chi connectivity index (χ4v) is 3.11. The average Bonchev–Trinajstić information content (AvgIpc) is 2.70. The minimum Gasteiger partial charge on any atom is -0.543 e. The summed E-state index contributed by atoms with van der Waals surface area (Å²) >= 11 is 0. The van der Waals surface area contributed by atoms with Gasteiger partial charge in [-0.1, -0.05) is 60.7 Å². The summed E-state index contributed by atoms with van der Waals surface area (Å²) < 4.78 is 6.25. The van der Waals surface area contributed by atoms with Crippen LogP contribution in [0, 0.1) is 0 Å². The Bertz CT molecular complexity index is 965. The first-order chi connectivity index (χ1) is 13.0. The predicted molar refractivity (Wildman–Crippen MR) is 98.8 cm³/mol. The van der Waals surface area contributed by atoms with Crippen molar-refractivity contribution in [1.29, 1.82) is 0 Å². The van der Waals surface area contributed by atoms with Gasteiger partial charge in [0, 0.05) is 19.4 Å². The molecule has 0 spiro atoms. The van der Waals surface area contributed by atoms with Gasteiger partial charge in [-0.3, -0.25) is 9.36 Å². The van der Waals surface area contributed by atoms with Crippen molar-refractivity contribution in [1.82, 2.24) is 9.55 Å². The number of hydrogen-bond acceptors (Lipinski definition) is 5. The molecular weight excluding hydrogens is 367 g/mol. The zero-order chi connectivity index (χ0) is 19.4. The van der Waals surface area contributed by atoms with Crippen LogP contribution in [0.4, 0.5) is 0 Å². The molecule has 1 aromatic heterocycles. The van der Waals surface area contributed by atoms with E-state index in [-0.39, 0.29) is 41.2 Å². The van der Waals surface area contributed by atoms with Crippen LogP contribution in [-0.4, -0.2) is 22.6 Å². The molecule has 0 radical (unpaired) electrons. The summed E-state index contributed by atoms with van der Waals surface area (Å²) in [6, 6.07) is 19.6. The Labute approximate surface area is 185 Å². The smallest absolute Gasteiger partial charge is 0.543 e. The van der Waals surface area contributed by atoms with E-state index in [9.17, 15) is 14.7 Å². The van der Waals surface area contributed by atoms with E-state index in [1.165, 1.54) is 11.7 Å². The van der Waals surface area contributed by atoms with E-state index in [2.05, 4.69) is 4.98 Å². The van der Waals surface area contributed by atoms with E-state index >= 15 is 0 Å². The van der Waals surface area contributed by atoms with Gasteiger partial charge in [0.15, 0.2) is 0 Å². The molecule has 0 saturated heterocycles. The van der Waals surface area contributed by atoms with Crippen molar-refractivity contribution in [3.05, 3.63) is 93.7 Å². The Morgan fingerprint density at radius 2 is 1.57 bits per heavy atom. The van der Waals surface area contributed by atoms with Crippen LogP contribution in [-0.2, 0) is 13.5 Å². The monoisotopic (exact) mass is 386 g/mol. The summed E-state index contributed by atoms with van der Waals surface area (Å²) in [6.07, 6.45) is 0.351. The third kappa shape index (κ3) is 4.52. The third-order valence-electron chi connectivity index (χ3n) is 4.53. The maximum Gasteiger partial charge on any atom is 1.00 e. The fourth-order valence-electron chi connectivity index (χ4n) is 3.11. The van der Waals surface area contributed by atoms with Crippen LogP contribution in [0.2, 0.25) is 0 Å². The van der Waals surface area contributed by atoms with Gasteiger partial charge in [-0.05, 0) is 11.1 Å². The second-order valence-electron chi connectivity index (χ2n) is 6.14. The van der Waals surface area contributed by atoms with Gasteiger partial charge in [-0.25, -0.2) is 4.98 Å². The second-order valence-corrected chi connectivity index (χ2v) is 6.14. The Hall–Kier alpha value is -2.41. The standard InChI is InChI=1S/C21H20N2O4.Na/c1-23-17(22-18(21(25)26)19(27-2)20(23)24)13-16(14-9-5-3-6-10-14)15-11-7-4-8-12-15;/h3-12,16H,13H2,1-2H3,(H,25,26);/q;+1/p-1. The van der Waals surface area contributed by atoms with Gasteiger partial charge < -0.3 is 14.6 Å². The molecule has 3 rings (SSSR count). The first kappa shape index (κ1) is 21.9. The third-order valence-corrected chi connectivity index (χ3v) is 4.53. The number of benzene rings is 2. The number of nitrogens with zero attached hydrogens (tertiary/aromatic N) is 2. The molecule has 0 aliphatic carbocycles. The van der Waals surface area contributed by atoms with Gasteiger partial charge in [0.05, 0.1) is 13.1 Å². The number of rotatable bonds is 6. The molecule has 0 aliphatic rings. The Morgan fingerprint density at radius 3 is 2.00 bits per heavy atom. The van der Waals surface area contributed by atoms with Gasteiger partial charge >= 0.3 is 29.6 Å². The molecule has 0 unspecified atom stereocenters. The molecule has 0 fully saturated rings. The largest absolute Gasteiger partial charge is 1.00 e. The molecule has 0 amide bonds. The van der Waals surface area contributed by atoms with Crippen molar-refractivity contribution in [3.63, 3.8) is 0 Å². The molecule has 2 aromatic carbocycles. The van der Waals surface area contributed by atoms with Crippen molar-refractivity contribution in [2.75, 3.05) is 7.11 Å². The van der Waals surface area contributed by atoms with Gasteiger partial charge in [-0.2, -0.15) is 0 Å². The van der Waals surface area contributed by atoms with Crippen LogP contribution >= 0.6 is 0 Å². The maximum atomic E-state index is 12.5. The number of carboxylic acids is 1. The molecule has 6 nitrogen and oxygen atoms in total. The first-order valence-corrected chi connectivity index (χ1v) is 8.48. The summed E-state index contributed by atoms with van der Waals surface area (Å²) in [6.45, 7) is 0. The quantitative estimate of drug-likeness (QED) is 0.483. The molecule has 0 saturated carbocycles. The summed E-state index contributed by atoms with van der Waals surface area (Å²) in [7, 11) is 2.79.